The Morgan fingerprint density at radius 1 is 1.24 bits per heavy atom. The summed E-state index contributed by atoms with van der Waals surface area (Å²) in [5.74, 6) is -2.29. The Bertz CT molecular complexity index is 1050. The van der Waals surface area contributed by atoms with Gasteiger partial charge in [-0.2, -0.15) is 5.26 Å². The van der Waals surface area contributed by atoms with Crippen LogP contribution in [0.5, 0.6) is 0 Å². The molecule has 29 heavy (non-hydrogen) atoms. The number of fused-ring (bicyclic) bond motifs is 1. The van der Waals surface area contributed by atoms with E-state index in [-0.39, 0.29) is 29.8 Å². The second kappa shape index (κ2) is 7.95. The maximum atomic E-state index is 13.6. The first-order valence-corrected chi connectivity index (χ1v) is 8.98. The van der Waals surface area contributed by atoms with E-state index in [0.717, 1.165) is 0 Å². The fraction of sp³-hybridized carbons (Fsp3) is 0.227. The minimum absolute atomic E-state index is 0.106. The SMILES string of the molecule is COCC[N+]1(Cc2ccc(F)cc2)C(=O)C(C(=O)O)=C(C)c2ccc(C#N)cc21. The van der Waals surface area contributed by atoms with Crippen molar-refractivity contribution in [3.63, 3.8) is 0 Å². The highest BCUT2D eigenvalue weighted by Crippen LogP contribution is 2.42. The molecule has 1 aliphatic heterocycles. The topological polar surface area (TPSA) is 87.4 Å². The van der Waals surface area contributed by atoms with Gasteiger partial charge in [0, 0.05) is 24.3 Å². The lowest BCUT2D eigenvalue weighted by atomic mass is 9.90. The van der Waals surface area contributed by atoms with Crippen molar-refractivity contribution < 1.29 is 23.8 Å². The van der Waals surface area contributed by atoms with Gasteiger partial charge in [-0.3, -0.25) is 0 Å². The third-order valence-corrected chi connectivity index (χ3v) is 5.23. The third kappa shape index (κ3) is 3.56. The van der Waals surface area contributed by atoms with Crippen molar-refractivity contribution in [1.82, 2.24) is 4.48 Å². The first-order chi connectivity index (χ1) is 13.8. The summed E-state index contributed by atoms with van der Waals surface area (Å²) in [6.45, 7) is 2.05. The average molecular weight is 395 g/mol. The Labute approximate surface area is 167 Å². The number of nitrogens with zero attached hydrogens (tertiary/aromatic N) is 2. The molecule has 0 spiro atoms. The number of quaternary nitrogens is 1. The molecule has 1 heterocycles. The van der Waals surface area contributed by atoms with Gasteiger partial charge in [-0.15, -0.1) is 0 Å². The summed E-state index contributed by atoms with van der Waals surface area (Å²) in [6.07, 6.45) is 0. The van der Waals surface area contributed by atoms with Crippen LogP contribution < -0.4 is 4.48 Å². The van der Waals surface area contributed by atoms with Crippen LogP contribution in [0.1, 0.15) is 23.6 Å². The molecule has 1 unspecified atom stereocenters. The average Bonchev–Trinajstić information content (AvgIpc) is 2.71. The minimum atomic E-state index is -1.30. The van der Waals surface area contributed by atoms with Gasteiger partial charge in [-0.25, -0.2) is 18.5 Å². The van der Waals surface area contributed by atoms with Crippen LogP contribution in [-0.2, 0) is 20.9 Å². The van der Waals surface area contributed by atoms with Crippen LogP contribution in [0.4, 0.5) is 10.1 Å². The van der Waals surface area contributed by atoms with Gasteiger partial charge in [-0.1, -0.05) is 12.1 Å². The Balaban J connectivity index is 2.30. The van der Waals surface area contributed by atoms with Crippen molar-refractivity contribution >= 4 is 23.1 Å². The molecule has 1 aliphatic rings. The number of methoxy groups -OCH3 is 1. The molecule has 0 aliphatic carbocycles. The Morgan fingerprint density at radius 3 is 2.52 bits per heavy atom. The lowest BCUT2D eigenvalue weighted by molar-refractivity contribution is -0.137. The number of aliphatic carboxylic acids is 1. The van der Waals surface area contributed by atoms with E-state index < -0.39 is 17.7 Å². The van der Waals surface area contributed by atoms with Crippen molar-refractivity contribution in [3.05, 3.63) is 70.5 Å². The van der Waals surface area contributed by atoms with Crippen LogP contribution in [0.2, 0.25) is 0 Å². The van der Waals surface area contributed by atoms with Crippen LogP contribution >= 0.6 is 0 Å². The van der Waals surface area contributed by atoms with Gasteiger partial charge in [-0.05, 0) is 36.8 Å². The number of carboxylic acids is 1. The highest BCUT2D eigenvalue weighted by molar-refractivity contribution is 6.26. The summed E-state index contributed by atoms with van der Waals surface area (Å²) >= 11 is 0. The van der Waals surface area contributed by atoms with Crippen LogP contribution in [0, 0.1) is 17.1 Å². The quantitative estimate of drug-likeness (QED) is 0.599. The summed E-state index contributed by atoms with van der Waals surface area (Å²) < 4.78 is 18.2. The number of carboxylic acid groups (broad SMARTS) is 1. The molecule has 3 rings (SSSR count). The smallest absolute Gasteiger partial charge is 0.359 e. The molecule has 0 saturated carbocycles. The highest BCUT2D eigenvalue weighted by atomic mass is 19.1. The van der Waals surface area contributed by atoms with E-state index in [1.807, 2.05) is 0 Å². The predicted molar refractivity (Wildman–Crippen MR) is 105 cm³/mol. The summed E-state index contributed by atoms with van der Waals surface area (Å²) in [4.78, 5) is 25.5. The van der Waals surface area contributed by atoms with E-state index in [2.05, 4.69) is 6.07 Å². The molecule has 2 aromatic carbocycles. The molecule has 0 bridgehead atoms. The van der Waals surface area contributed by atoms with E-state index in [9.17, 15) is 24.3 Å². The number of hydrogen-bond donors (Lipinski definition) is 1. The molecule has 0 radical (unpaired) electrons. The number of benzene rings is 2. The molecule has 7 heteroatoms. The van der Waals surface area contributed by atoms with Gasteiger partial charge < -0.3 is 9.84 Å². The summed E-state index contributed by atoms with van der Waals surface area (Å²) in [5.41, 5.74) is 2.22. The van der Waals surface area contributed by atoms with Crippen LogP contribution in [0.25, 0.3) is 5.57 Å². The molecule has 6 nitrogen and oxygen atoms in total. The number of carbonyl (C=O) groups is 2. The number of allylic oxidation sites excluding steroid dienone is 1. The summed E-state index contributed by atoms with van der Waals surface area (Å²) in [5, 5.41) is 19.1. The highest BCUT2D eigenvalue weighted by Gasteiger charge is 2.49. The van der Waals surface area contributed by atoms with E-state index >= 15 is 0 Å². The number of rotatable bonds is 6. The van der Waals surface area contributed by atoms with Gasteiger partial charge in [0.25, 0.3) is 0 Å². The second-order valence-electron chi connectivity index (χ2n) is 6.92. The van der Waals surface area contributed by atoms with Gasteiger partial charge in [0.1, 0.15) is 24.6 Å². The van der Waals surface area contributed by atoms with Gasteiger partial charge in [0.05, 0.1) is 18.2 Å². The Kier molecular flexibility index (Phi) is 5.59. The lowest BCUT2D eigenvalue weighted by Gasteiger charge is -2.39. The Hall–Kier alpha value is -3.34. The molecule has 1 amide bonds. The second-order valence-corrected chi connectivity index (χ2v) is 6.92. The monoisotopic (exact) mass is 395 g/mol. The van der Waals surface area contributed by atoms with Gasteiger partial charge in [0.2, 0.25) is 0 Å². The first-order valence-electron chi connectivity index (χ1n) is 8.98. The van der Waals surface area contributed by atoms with Crippen molar-refractivity contribution in [2.24, 2.45) is 0 Å². The largest absolute Gasteiger partial charge is 0.477 e. The molecule has 0 saturated heterocycles. The van der Waals surface area contributed by atoms with Gasteiger partial charge in [0.15, 0.2) is 5.57 Å². The molecular formula is C22H20FN2O4+. The molecule has 1 N–H and O–H groups in total. The normalized spacial score (nSPS) is 18.3. The number of hydrogen-bond acceptors (Lipinski definition) is 4. The minimum Gasteiger partial charge on any atom is -0.477 e. The number of amides is 1. The van der Waals surface area contributed by atoms with E-state index in [0.29, 0.717) is 28.0 Å². The van der Waals surface area contributed by atoms with Crippen LogP contribution in [0.3, 0.4) is 0 Å². The van der Waals surface area contributed by atoms with Crippen molar-refractivity contribution in [2.45, 2.75) is 13.5 Å². The summed E-state index contributed by atoms with van der Waals surface area (Å²) in [6, 6.07) is 12.7. The third-order valence-electron chi connectivity index (χ3n) is 5.23. The van der Waals surface area contributed by atoms with Crippen molar-refractivity contribution in [3.8, 4) is 6.07 Å². The maximum Gasteiger partial charge on any atom is 0.359 e. The molecule has 0 aromatic heterocycles. The zero-order valence-electron chi connectivity index (χ0n) is 16.1. The zero-order chi connectivity index (χ0) is 21.2. The van der Waals surface area contributed by atoms with Gasteiger partial charge >= 0.3 is 11.9 Å². The van der Waals surface area contributed by atoms with Crippen molar-refractivity contribution in [1.29, 1.82) is 5.26 Å². The number of ether oxygens (including phenoxy) is 1. The number of carbonyl (C=O) groups excluding carboxylic acids is 1. The molecule has 148 valence electrons. The van der Waals surface area contributed by atoms with E-state index in [4.69, 9.17) is 4.74 Å². The first kappa shape index (κ1) is 20.4. The Morgan fingerprint density at radius 2 is 1.93 bits per heavy atom. The van der Waals surface area contributed by atoms with Crippen molar-refractivity contribution in [2.75, 3.05) is 20.3 Å². The van der Waals surface area contributed by atoms with Crippen LogP contribution in [0.15, 0.2) is 48.0 Å². The zero-order valence-corrected chi connectivity index (χ0v) is 16.1. The predicted octanol–water partition coefficient (Wildman–Crippen LogP) is 3.25. The molecule has 0 fully saturated rings. The van der Waals surface area contributed by atoms with E-state index in [1.165, 1.54) is 19.2 Å². The number of nitriles is 1. The maximum absolute atomic E-state index is 13.6. The van der Waals surface area contributed by atoms with Crippen LogP contribution in [-0.4, -0.2) is 37.2 Å². The number of halogens is 1. The summed E-state index contributed by atoms with van der Waals surface area (Å²) in [7, 11) is 1.49. The standard InChI is InChI=1S/C22H19FN2O4/c1-14-18-8-5-16(12-24)11-19(18)25(9-10-29-2,21(26)20(14)22(27)28)13-15-3-6-17(23)7-4-15/h3-8,11H,9-10,13H2,1-2H3/p+1. The fourth-order valence-corrected chi connectivity index (χ4v) is 3.75. The lowest BCUT2D eigenvalue weighted by Crippen LogP contribution is -2.58. The fourth-order valence-electron chi connectivity index (χ4n) is 3.75. The van der Waals surface area contributed by atoms with E-state index in [1.54, 1.807) is 37.3 Å². The molecule has 1 atom stereocenters. The molecular weight excluding hydrogens is 375 g/mol. The molecule has 2 aromatic rings.